The van der Waals surface area contributed by atoms with Crippen LogP contribution in [0, 0.1) is 6.92 Å². The van der Waals surface area contributed by atoms with Gasteiger partial charge in [-0.1, -0.05) is 0 Å². The van der Waals surface area contributed by atoms with E-state index < -0.39 is 6.29 Å². The van der Waals surface area contributed by atoms with Gasteiger partial charge in [-0.3, -0.25) is 0 Å². The molecule has 0 bridgehead atoms. The molecule has 2 rings (SSSR count). The summed E-state index contributed by atoms with van der Waals surface area (Å²) in [6.07, 6.45) is -0.371. The van der Waals surface area contributed by atoms with E-state index in [-0.39, 0.29) is 11.9 Å². The van der Waals surface area contributed by atoms with Gasteiger partial charge in [0.1, 0.15) is 11.5 Å². The molecule has 2 N–H and O–H groups in total. The molecule has 0 aromatic heterocycles. The van der Waals surface area contributed by atoms with Gasteiger partial charge >= 0.3 is 0 Å². The zero-order valence-corrected chi connectivity index (χ0v) is 9.65. The van der Waals surface area contributed by atoms with Crippen LogP contribution in [0.15, 0.2) is 6.07 Å². The van der Waals surface area contributed by atoms with E-state index in [9.17, 15) is 10.2 Å². The van der Waals surface area contributed by atoms with Crippen LogP contribution in [0.4, 0.5) is 0 Å². The van der Waals surface area contributed by atoms with Gasteiger partial charge in [0.15, 0.2) is 6.29 Å². The largest absolute Gasteiger partial charge is 0.508 e. The molecule has 1 aromatic rings. The van der Waals surface area contributed by atoms with Crippen LogP contribution >= 0.6 is 0 Å². The summed E-state index contributed by atoms with van der Waals surface area (Å²) in [6.45, 7) is 3.72. The molecule has 0 radical (unpaired) electrons. The highest BCUT2D eigenvalue weighted by molar-refractivity contribution is 5.53. The molecule has 0 spiro atoms. The summed E-state index contributed by atoms with van der Waals surface area (Å²) < 4.78 is 10.5. The van der Waals surface area contributed by atoms with Crippen LogP contribution in [0.2, 0.25) is 0 Å². The zero-order chi connectivity index (χ0) is 11.9. The third kappa shape index (κ3) is 1.64. The molecule has 1 aliphatic heterocycles. The van der Waals surface area contributed by atoms with Crippen molar-refractivity contribution in [3.63, 3.8) is 0 Å². The number of hydrogen-bond donors (Lipinski definition) is 2. The molecule has 88 valence electrons. The Hall–Kier alpha value is -1.26. The minimum absolute atomic E-state index is 0.0623. The molecule has 0 aliphatic carbocycles. The summed E-state index contributed by atoms with van der Waals surface area (Å²) in [6, 6.07) is 1.51. The fraction of sp³-hybridized carbons (Fsp3) is 0.500. The molecular formula is C12H16O4. The average molecular weight is 224 g/mol. The first kappa shape index (κ1) is 11.2. The standard InChI is InChI=1S/C12H16O4/c1-6-4-8-7(2)9(13)5-10(15-3)11(8)12(14)16-6/h5-6,12-14H,4H2,1-3H3/t6-,12?/m0/s1. The second-order valence-corrected chi connectivity index (χ2v) is 4.12. The molecule has 2 atom stereocenters. The number of rotatable bonds is 1. The maximum atomic E-state index is 9.88. The van der Waals surface area contributed by atoms with E-state index in [0.29, 0.717) is 17.7 Å². The van der Waals surface area contributed by atoms with Crippen LogP contribution in [0.5, 0.6) is 11.5 Å². The number of methoxy groups -OCH3 is 1. The predicted molar refractivity (Wildman–Crippen MR) is 58.6 cm³/mol. The topological polar surface area (TPSA) is 58.9 Å². The van der Waals surface area contributed by atoms with E-state index in [1.165, 1.54) is 13.2 Å². The van der Waals surface area contributed by atoms with Crippen molar-refractivity contribution >= 4 is 0 Å². The summed E-state index contributed by atoms with van der Waals surface area (Å²) in [5.41, 5.74) is 2.34. The summed E-state index contributed by atoms with van der Waals surface area (Å²) in [5, 5.41) is 19.6. The summed E-state index contributed by atoms with van der Waals surface area (Å²) in [4.78, 5) is 0. The second kappa shape index (κ2) is 3.96. The number of phenols is 1. The van der Waals surface area contributed by atoms with Crippen LogP contribution in [0.1, 0.15) is 29.9 Å². The molecule has 1 aromatic carbocycles. The number of hydrogen-bond acceptors (Lipinski definition) is 4. The van der Waals surface area contributed by atoms with Gasteiger partial charge in [0.05, 0.1) is 18.8 Å². The number of phenolic OH excluding ortho intramolecular Hbond substituents is 1. The lowest BCUT2D eigenvalue weighted by atomic mass is 9.92. The maximum absolute atomic E-state index is 9.88. The Bertz CT molecular complexity index is 414. The lowest BCUT2D eigenvalue weighted by molar-refractivity contribution is -0.144. The monoisotopic (exact) mass is 224 g/mol. The van der Waals surface area contributed by atoms with E-state index in [1.807, 2.05) is 13.8 Å². The molecular weight excluding hydrogens is 208 g/mol. The molecule has 0 saturated heterocycles. The molecule has 0 fully saturated rings. The lowest BCUT2D eigenvalue weighted by Crippen LogP contribution is -2.25. The summed E-state index contributed by atoms with van der Waals surface area (Å²) >= 11 is 0. The van der Waals surface area contributed by atoms with Crippen LogP contribution in [-0.4, -0.2) is 23.4 Å². The summed E-state index contributed by atoms with van der Waals surface area (Å²) in [7, 11) is 1.51. The Morgan fingerprint density at radius 2 is 2.19 bits per heavy atom. The van der Waals surface area contributed by atoms with E-state index >= 15 is 0 Å². The normalized spacial score (nSPS) is 24.0. The highest BCUT2D eigenvalue weighted by atomic mass is 16.6. The Balaban J connectivity index is 2.63. The van der Waals surface area contributed by atoms with Gasteiger partial charge in [0.2, 0.25) is 0 Å². The number of aromatic hydroxyl groups is 1. The number of aliphatic hydroxyl groups is 1. The van der Waals surface area contributed by atoms with Gasteiger partial charge in [-0.2, -0.15) is 0 Å². The van der Waals surface area contributed by atoms with Crippen molar-refractivity contribution in [3.8, 4) is 11.5 Å². The van der Waals surface area contributed by atoms with Gasteiger partial charge < -0.3 is 19.7 Å². The highest BCUT2D eigenvalue weighted by Gasteiger charge is 2.29. The Morgan fingerprint density at radius 1 is 1.50 bits per heavy atom. The molecule has 0 amide bonds. The minimum atomic E-state index is -0.979. The number of benzene rings is 1. The number of aliphatic hydroxyl groups excluding tert-OH is 1. The SMILES string of the molecule is COc1cc(O)c(C)c2c1C(O)O[C@@H](C)C2. The third-order valence-electron chi connectivity index (χ3n) is 3.01. The van der Waals surface area contributed by atoms with Crippen molar-refractivity contribution in [2.45, 2.75) is 32.7 Å². The minimum Gasteiger partial charge on any atom is -0.508 e. The second-order valence-electron chi connectivity index (χ2n) is 4.12. The molecule has 4 nitrogen and oxygen atoms in total. The quantitative estimate of drug-likeness (QED) is 0.761. The van der Waals surface area contributed by atoms with Gasteiger partial charge in [0.25, 0.3) is 0 Å². The maximum Gasteiger partial charge on any atom is 0.185 e. The lowest BCUT2D eigenvalue weighted by Gasteiger charge is -2.30. The van der Waals surface area contributed by atoms with E-state index in [4.69, 9.17) is 9.47 Å². The first-order chi connectivity index (χ1) is 7.54. The van der Waals surface area contributed by atoms with Crippen molar-refractivity contribution in [3.05, 3.63) is 22.8 Å². The number of fused-ring (bicyclic) bond motifs is 1. The van der Waals surface area contributed by atoms with E-state index in [0.717, 1.165) is 11.1 Å². The van der Waals surface area contributed by atoms with Crippen molar-refractivity contribution < 1.29 is 19.7 Å². The van der Waals surface area contributed by atoms with Crippen LogP contribution in [0.3, 0.4) is 0 Å². The smallest absolute Gasteiger partial charge is 0.185 e. The average Bonchev–Trinajstić information content (AvgIpc) is 2.23. The van der Waals surface area contributed by atoms with Crippen molar-refractivity contribution in [1.29, 1.82) is 0 Å². The molecule has 16 heavy (non-hydrogen) atoms. The van der Waals surface area contributed by atoms with Crippen LogP contribution < -0.4 is 4.74 Å². The van der Waals surface area contributed by atoms with Crippen molar-refractivity contribution in [2.24, 2.45) is 0 Å². The van der Waals surface area contributed by atoms with E-state index in [2.05, 4.69) is 0 Å². The molecule has 0 saturated carbocycles. The van der Waals surface area contributed by atoms with Gasteiger partial charge in [0, 0.05) is 6.07 Å². The van der Waals surface area contributed by atoms with Gasteiger partial charge in [-0.15, -0.1) is 0 Å². The first-order valence-corrected chi connectivity index (χ1v) is 5.27. The molecule has 1 aliphatic rings. The highest BCUT2D eigenvalue weighted by Crippen LogP contribution is 2.40. The third-order valence-corrected chi connectivity index (χ3v) is 3.01. The zero-order valence-electron chi connectivity index (χ0n) is 9.65. The molecule has 1 heterocycles. The summed E-state index contributed by atoms with van der Waals surface area (Å²) in [5.74, 6) is 0.661. The molecule has 4 heteroatoms. The Morgan fingerprint density at radius 3 is 2.81 bits per heavy atom. The predicted octanol–water partition coefficient (Wildman–Crippen LogP) is 1.66. The van der Waals surface area contributed by atoms with Crippen LogP contribution in [0.25, 0.3) is 0 Å². The first-order valence-electron chi connectivity index (χ1n) is 5.27. The van der Waals surface area contributed by atoms with Crippen molar-refractivity contribution in [2.75, 3.05) is 7.11 Å². The fourth-order valence-electron chi connectivity index (χ4n) is 2.14. The van der Waals surface area contributed by atoms with Crippen molar-refractivity contribution in [1.82, 2.24) is 0 Å². The number of ether oxygens (including phenoxy) is 2. The Labute approximate surface area is 94.4 Å². The Kier molecular flexibility index (Phi) is 2.78. The van der Waals surface area contributed by atoms with E-state index in [1.54, 1.807) is 0 Å². The van der Waals surface area contributed by atoms with Gasteiger partial charge in [-0.25, -0.2) is 0 Å². The fourth-order valence-corrected chi connectivity index (χ4v) is 2.14. The molecule has 1 unspecified atom stereocenters. The van der Waals surface area contributed by atoms with Gasteiger partial charge in [-0.05, 0) is 31.4 Å². The van der Waals surface area contributed by atoms with Crippen LogP contribution in [-0.2, 0) is 11.2 Å².